The second-order valence-corrected chi connectivity index (χ2v) is 4.88. The summed E-state index contributed by atoms with van der Waals surface area (Å²) in [4.78, 5) is 11.8. The number of carbonyl (C=O) groups is 1. The highest BCUT2D eigenvalue weighted by atomic mass is 35.5. The summed E-state index contributed by atoms with van der Waals surface area (Å²) in [5.74, 6) is -0.0777. The van der Waals surface area contributed by atoms with Crippen molar-refractivity contribution in [3.63, 3.8) is 0 Å². The minimum absolute atomic E-state index is 0.00393. The lowest BCUT2D eigenvalue weighted by Gasteiger charge is -2.19. The van der Waals surface area contributed by atoms with E-state index >= 15 is 0 Å². The number of hydrogen-bond donors (Lipinski definition) is 3. The standard InChI is InChI=1S/C13H18ClNO3/c1-8(7-16)9(2)15-13(18)5-10-3-4-11(17)6-12(10)14/h3-4,6,8-9,16-17H,5,7H2,1-2H3,(H,15,18). The molecule has 1 aromatic rings. The van der Waals surface area contributed by atoms with Crippen molar-refractivity contribution in [3.05, 3.63) is 28.8 Å². The van der Waals surface area contributed by atoms with Crippen LogP contribution in [-0.4, -0.2) is 28.8 Å². The van der Waals surface area contributed by atoms with Crippen LogP contribution >= 0.6 is 11.6 Å². The maximum atomic E-state index is 11.8. The lowest BCUT2D eigenvalue weighted by molar-refractivity contribution is -0.121. The van der Waals surface area contributed by atoms with Crippen molar-refractivity contribution in [2.75, 3.05) is 6.61 Å². The number of aliphatic hydroxyl groups excluding tert-OH is 1. The van der Waals surface area contributed by atoms with E-state index in [0.717, 1.165) is 0 Å². The minimum Gasteiger partial charge on any atom is -0.508 e. The van der Waals surface area contributed by atoms with Crippen LogP contribution < -0.4 is 5.32 Å². The molecule has 1 amide bonds. The molecule has 0 aliphatic rings. The first kappa shape index (κ1) is 14.8. The SMILES string of the molecule is CC(CO)C(C)NC(=O)Cc1ccc(O)cc1Cl. The van der Waals surface area contributed by atoms with Gasteiger partial charge in [0.1, 0.15) is 5.75 Å². The van der Waals surface area contributed by atoms with Gasteiger partial charge in [0.05, 0.1) is 6.42 Å². The number of amides is 1. The molecule has 0 aromatic heterocycles. The number of benzene rings is 1. The highest BCUT2D eigenvalue weighted by Crippen LogP contribution is 2.21. The van der Waals surface area contributed by atoms with Crippen molar-refractivity contribution >= 4 is 17.5 Å². The van der Waals surface area contributed by atoms with E-state index in [0.29, 0.717) is 10.6 Å². The maximum Gasteiger partial charge on any atom is 0.224 e. The number of phenols is 1. The van der Waals surface area contributed by atoms with Gasteiger partial charge in [-0.25, -0.2) is 0 Å². The lowest BCUT2D eigenvalue weighted by Crippen LogP contribution is -2.39. The molecule has 0 radical (unpaired) electrons. The Bertz CT molecular complexity index is 423. The van der Waals surface area contributed by atoms with Gasteiger partial charge in [-0.3, -0.25) is 4.79 Å². The summed E-state index contributed by atoms with van der Waals surface area (Å²) in [5.41, 5.74) is 0.663. The Morgan fingerprint density at radius 3 is 2.67 bits per heavy atom. The monoisotopic (exact) mass is 271 g/mol. The maximum absolute atomic E-state index is 11.8. The van der Waals surface area contributed by atoms with Gasteiger partial charge in [-0.1, -0.05) is 24.6 Å². The van der Waals surface area contributed by atoms with E-state index in [-0.39, 0.29) is 36.6 Å². The van der Waals surface area contributed by atoms with Crippen LogP contribution in [0.25, 0.3) is 0 Å². The van der Waals surface area contributed by atoms with Crippen molar-refractivity contribution in [1.29, 1.82) is 0 Å². The van der Waals surface area contributed by atoms with Crippen molar-refractivity contribution in [2.45, 2.75) is 26.3 Å². The Kier molecular flexibility index (Phi) is 5.44. The molecular weight excluding hydrogens is 254 g/mol. The van der Waals surface area contributed by atoms with Crippen LogP contribution in [0.2, 0.25) is 5.02 Å². The van der Waals surface area contributed by atoms with E-state index in [2.05, 4.69) is 5.32 Å². The molecule has 2 atom stereocenters. The van der Waals surface area contributed by atoms with Crippen molar-refractivity contribution < 1.29 is 15.0 Å². The zero-order valence-electron chi connectivity index (χ0n) is 10.5. The normalized spacial score (nSPS) is 14.0. The zero-order valence-corrected chi connectivity index (χ0v) is 11.2. The minimum atomic E-state index is -0.157. The third-order valence-electron chi connectivity index (χ3n) is 2.92. The summed E-state index contributed by atoms with van der Waals surface area (Å²) in [6.45, 7) is 3.73. The number of nitrogens with one attached hydrogen (secondary N) is 1. The van der Waals surface area contributed by atoms with E-state index in [1.54, 1.807) is 6.07 Å². The second kappa shape index (κ2) is 6.61. The highest BCUT2D eigenvalue weighted by molar-refractivity contribution is 6.31. The number of halogens is 1. The van der Waals surface area contributed by atoms with Crippen LogP contribution in [0, 0.1) is 5.92 Å². The lowest BCUT2D eigenvalue weighted by atomic mass is 10.0. The number of hydrogen-bond acceptors (Lipinski definition) is 3. The first-order chi connectivity index (χ1) is 8.43. The van der Waals surface area contributed by atoms with Crippen LogP contribution in [0.3, 0.4) is 0 Å². The number of aliphatic hydroxyl groups is 1. The molecular formula is C13H18ClNO3. The molecule has 5 heteroatoms. The van der Waals surface area contributed by atoms with E-state index in [9.17, 15) is 9.90 Å². The van der Waals surface area contributed by atoms with Crippen molar-refractivity contribution in [1.82, 2.24) is 5.32 Å². The molecule has 0 fully saturated rings. The van der Waals surface area contributed by atoms with Gasteiger partial charge >= 0.3 is 0 Å². The summed E-state index contributed by atoms with van der Waals surface area (Å²) < 4.78 is 0. The number of phenolic OH excluding ortho intramolecular Hbond substituents is 1. The van der Waals surface area contributed by atoms with E-state index in [4.69, 9.17) is 16.7 Å². The largest absolute Gasteiger partial charge is 0.508 e. The average Bonchev–Trinajstić information content (AvgIpc) is 2.31. The Morgan fingerprint density at radius 2 is 2.11 bits per heavy atom. The molecule has 2 unspecified atom stereocenters. The third kappa shape index (κ3) is 4.20. The number of aromatic hydroxyl groups is 1. The summed E-state index contributed by atoms with van der Waals surface area (Å²) in [5, 5.41) is 21.4. The second-order valence-electron chi connectivity index (χ2n) is 4.47. The van der Waals surface area contributed by atoms with Gasteiger partial charge in [0.25, 0.3) is 0 Å². The average molecular weight is 272 g/mol. The molecule has 0 heterocycles. The molecule has 0 saturated carbocycles. The molecule has 0 spiro atoms. The third-order valence-corrected chi connectivity index (χ3v) is 3.27. The Morgan fingerprint density at radius 1 is 1.44 bits per heavy atom. The number of carbonyl (C=O) groups excluding carboxylic acids is 1. The van der Waals surface area contributed by atoms with E-state index in [1.807, 2.05) is 13.8 Å². The van der Waals surface area contributed by atoms with Crippen LogP contribution in [0.15, 0.2) is 18.2 Å². The fourth-order valence-corrected chi connectivity index (χ4v) is 1.70. The van der Waals surface area contributed by atoms with Gasteiger partial charge in [0, 0.05) is 17.7 Å². The van der Waals surface area contributed by atoms with Gasteiger partial charge in [-0.05, 0) is 30.5 Å². The van der Waals surface area contributed by atoms with Gasteiger partial charge in [-0.15, -0.1) is 0 Å². The summed E-state index contributed by atoms with van der Waals surface area (Å²) in [7, 11) is 0. The first-order valence-corrected chi connectivity index (χ1v) is 6.19. The van der Waals surface area contributed by atoms with E-state index in [1.165, 1.54) is 12.1 Å². The smallest absolute Gasteiger partial charge is 0.224 e. The Labute approximate surface area is 112 Å². The molecule has 1 aromatic carbocycles. The van der Waals surface area contributed by atoms with Gasteiger partial charge in [0.2, 0.25) is 5.91 Å². The summed E-state index contributed by atoms with van der Waals surface area (Å²) in [6.07, 6.45) is 0.154. The predicted octanol–water partition coefficient (Wildman–Crippen LogP) is 1.72. The predicted molar refractivity (Wildman–Crippen MR) is 70.7 cm³/mol. The summed E-state index contributed by atoms with van der Waals surface area (Å²) >= 11 is 5.92. The number of rotatable bonds is 5. The van der Waals surface area contributed by atoms with Crippen LogP contribution in [0.4, 0.5) is 0 Å². The molecule has 0 aliphatic heterocycles. The summed E-state index contributed by atoms with van der Waals surface area (Å²) in [6, 6.07) is 4.42. The van der Waals surface area contributed by atoms with Crippen molar-refractivity contribution in [2.24, 2.45) is 5.92 Å². The molecule has 1 rings (SSSR count). The van der Waals surface area contributed by atoms with E-state index < -0.39 is 0 Å². The topological polar surface area (TPSA) is 69.6 Å². The van der Waals surface area contributed by atoms with Crippen LogP contribution in [0.5, 0.6) is 5.75 Å². The fourth-order valence-electron chi connectivity index (χ4n) is 1.46. The molecule has 4 nitrogen and oxygen atoms in total. The molecule has 18 heavy (non-hydrogen) atoms. The molecule has 0 aliphatic carbocycles. The fraction of sp³-hybridized carbons (Fsp3) is 0.462. The molecule has 0 saturated heterocycles. The van der Waals surface area contributed by atoms with Crippen LogP contribution in [0.1, 0.15) is 19.4 Å². The van der Waals surface area contributed by atoms with Gasteiger partial charge in [-0.2, -0.15) is 0 Å². The first-order valence-electron chi connectivity index (χ1n) is 5.81. The van der Waals surface area contributed by atoms with Gasteiger partial charge < -0.3 is 15.5 Å². The molecule has 0 bridgehead atoms. The van der Waals surface area contributed by atoms with Crippen molar-refractivity contribution in [3.8, 4) is 5.75 Å². The highest BCUT2D eigenvalue weighted by Gasteiger charge is 2.15. The van der Waals surface area contributed by atoms with Gasteiger partial charge in [0.15, 0.2) is 0 Å². The molecule has 3 N–H and O–H groups in total. The van der Waals surface area contributed by atoms with Crippen LogP contribution in [-0.2, 0) is 11.2 Å². The Hall–Kier alpha value is -1.26. The molecule has 100 valence electrons. The quantitative estimate of drug-likeness (QED) is 0.764. The Balaban J connectivity index is 2.59. The zero-order chi connectivity index (χ0) is 13.7.